The topological polar surface area (TPSA) is 9.23 Å². The molecule has 1 atom stereocenters. The molecular weight excluding hydrogens is 124 g/mol. The molecule has 1 nitrogen and oxygen atoms in total. The van der Waals surface area contributed by atoms with Gasteiger partial charge in [0.25, 0.3) is 0 Å². The van der Waals surface area contributed by atoms with Crippen LogP contribution in [-0.2, 0) is 4.74 Å². The summed E-state index contributed by atoms with van der Waals surface area (Å²) in [6, 6.07) is 0. The zero-order valence-electron chi connectivity index (χ0n) is 6.89. The first-order valence-corrected chi connectivity index (χ1v) is 4.03. The molecular formula is C9H16O. The van der Waals surface area contributed by atoms with Crippen LogP contribution in [0.25, 0.3) is 0 Å². The zero-order valence-corrected chi connectivity index (χ0v) is 6.89. The molecule has 0 amide bonds. The third-order valence-corrected chi connectivity index (χ3v) is 2.09. The summed E-state index contributed by atoms with van der Waals surface area (Å²) in [4.78, 5) is 0. The van der Waals surface area contributed by atoms with Crippen LogP contribution >= 0.6 is 0 Å². The van der Waals surface area contributed by atoms with Crippen molar-refractivity contribution in [2.24, 2.45) is 5.92 Å². The van der Waals surface area contributed by atoms with Gasteiger partial charge in [0.15, 0.2) is 0 Å². The first-order chi connectivity index (χ1) is 4.83. The Morgan fingerprint density at radius 3 is 3.00 bits per heavy atom. The third-order valence-electron chi connectivity index (χ3n) is 2.09. The Morgan fingerprint density at radius 1 is 1.60 bits per heavy atom. The molecule has 0 aromatic carbocycles. The highest BCUT2D eigenvalue weighted by molar-refractivity contribution is 5.01. The number of rotatable bonds is 1. The summed E-state index contributed by atoms with van der Waals surface area (Å²) in [5.74, 6) is 0.871. The van der Waals surface area contributed by atoms with Gasteiger partial charge in [-0.2, -0.15) is 0 Å². The maximum absolute atomic E-state index is 4.97. The molecule has 10 heavy (non-hydrogen) atoms. The second-order valence-corrected chi connectivity index (χ2v) is 3.21. The Kier molecular flexibility index (Phi) is 2.79. The van der Waals surface area contributed by atoms with Crippen LogP contribution in [0.4, 0.5) is 0 Å². The minimum absolute atomic E-state index is 0.871. The van der Waals surface area contributed by atoms with Gasteiger partial charge in [0.05, 0.1) is 13.4 Å². The molecule has 0 aromatic rings. The van der Waals surface area contributed by atoms with Gasteiger partial charge >= 0.3 is 0 Å². The summed E-state index contributed by atoms with van der Waals surface area (Å²) in [6.07, 6.45) is 7.14. The lowest BCUT2D eigenvalue weighted by Crippen LogP contribution is -2.04. The Morgan fingerprint density at radius 2 is 2.40 bits per heavy atom. The molecule has 1 aliphatic carbocycles. The van der Waals surface area contributed by atoms with Crippen molar-refractivity contribution in [3.05, 3.63) is 11.8 Å². The molecule has 58 valence electrons. The van der Waals surface area contributed by atoms with Crippen LogP contribution in [0.2, 0.25) is 0 Å². The Labute approximate surface area is 63.1 Å². The minimum Gasteiger partial charge on any atom is -0.504 e. The summed E-state index contributed by atoms with van der Waals surface area (Å²) in [6.45, 7) is 2.31. The standard InChI is InChI=1S/C9H16O/c1-8-4-3-5-9(6-8)7-10-2/h7-8H,3-6H2,1-2H3. The minimum atomic E-state index is 0.871. The molecule has 1 heteroatoms. The van der Waals surface area contributed by atoms with Gasteiger partial charge in [0.1, 0.15) is 0 Å². The van der Waals surface area contributed by atoms with E-state index in [9.17, 15) is 0 Å². The van der Waals surface area contributed by atoms with Crippen molar-refractivity contribution in [3.63, 3.8) is 0 Å². The molecule has 1 fully saturated rings. The predicted octanol–water partition coefficient (Wildman–Crippen LogP) is 2.73. The molecule has 0 bridgehead atoms. The maximum atomic E-state index is 4.97. The number of hydrogen-bond donors (Lipinski definition) is 0. The van der Waals surface area contributed by atoms with E-state index < -0.39 is 0 Å². The van der Waals surface area contributed by atoms with Gasteiger partial charge in [-0.25, -0.2) is 0 Å². The molecule has 1 aliphatic rings. The van der Waals surface area contributed by atoms with Crippen LogP contribution in [0.5, 0.6) is 0 Å². The smallest absolute Gasteiger partial charge is 0.0816 e. The fourth-order valence-corrected chi connectivity index (χ4v) is 1.60. The number of ether oxygens (including phenoxy) is 1. The van der Waals surface area contributed by atoms with E-state index in [1.807, 2.05) is 6.26 Å². The molecule has 1 saturated carbocycles. The van der Waals surface area contributed by atoms with E-state index >= 15 is 0 Å². The van der Waals surface area contributed by atoms with Crippen molar-refractivity contribution < 1.29 is 4.74 Å². The van der Waals surface area contributed by atoms with Gasteiger partial charge in [-0.15, -0.1) is 0 Å². The number of methoxy groups -OCH3 is 1. The van der Waals surface area contributed by atoms with Crippen LogP contribution < -0.4 is 0 Å². The zero-order chi connectivity index (χ0) is 7.40. The van der Waals surface area contributed by atoms with Crippen molar-refractivity contribution in [2.75, 3.05) is 7.11 Å². The molecule has 0 N–H and O–H groups in total. The lowest BCUT2D eigenvalue weighted by molar-refractivity contribution is 0.322. The van der Waals surface area contributed by atoms with Crippen molar-refractivity contribution in [2.45, 2.75) is 32.6 Å². The largest absolute Gasteiger partial charge is 0.504 e. The van der Waals surface area contributed by atoms with Crippen LogP contribution in [0.3, 0.4) is 0 Å². The molecule has 1 rings (SSSR count). The Bertz CT molecular complexity index is 127. The maximum Gasteiger partial charge on any atom is 0.0816 e. The highest BCUT2D eigenvalue weighted by Crippen LogP contribution is 2.27. The average molecular weight is 140 g/mol. The first kappa shape index (κ1) is 7.64. The SMILES string of the molecule is COC=C1CCCC(C)C1. The second-order valence-electron chi connectivity index (χ2n) is 3.21. The van der Waals surface area contributed by atoms with E-state index in [0.717, 1.165) is 5.92 Å². The van der Waals surface area contributed by atoms with Gasteiger partial charge in [-0.05, 0) is 30.8 Å². The van der Waals surface area contributed by atoms with Crippen molar-refractivity contribution in [1.82, 2.24) is 0 Å². The lowest BCUT2D eigenvalue weighted by atomic mass is 9.87. The van der Waals surface area contributed by atoms with Gasteiger partial charge in [0.2, 0.25) is 0 Å². The number of allylic oxidation sites excluding steroid dienone is 1. The summed E-state index contributed by atoms with van der Waals surface area (Å²) in [5, 5.41) is 0. The van der Waals surface area contributed by atoms with Crippen molar-refractivity contribution in [1.29, 1.82) is 0 Å². The van der Waals surface area contributed by atoms with Crippen molar-refractivity contribution in [3.8, 4) is 0 Å². The monoisotopic (exact) mass is 140 g/mol. The molecule has 0 saturated heterocycles. The molecule has 0 aliphatic heterocycles. The lowest BCUT2D eigenvalue weighted by Gasteiger charge is -2.19. The van der Waals surface area contributed by atoms with Gasteiger partial charge in [0, 0.05) is 0 Å². The Balaban J connectivity index is 2.39. The van der Waals surface area contributed by atoms with Crippen LogP contribution in [-0.4, -0.2) is 7.11 Å². The molecule has 0 heterocycles. The highest BCUT2D eigenvalue weighted by atomic mass is 16.5. The molecule has 0 spiro atoms. The van der Waals surface area contributed by atoms with E-state index in [1.54, 1.807) is 7.11 Å². The fourth-order valence-electron chi connectivity index (χ4n) is 1.60. The number of hydrogen-bond acceptors (Lipinski definition) is 1. The van der Waals surface area contributed by atoms with Gasteiger partial charge < -0.3 is 4.74 Å². The van der Waals surface area contributed by atoms with Crippen LogP contribution in [0, 0.1) is 5.92 Å². The third kappa shape index (κ3) is 2.05. The molecule has 1 unspecified atom stereocenters. The summed E-state index contributed by atoms with van der Waals surface area (Å²) in [7, 11) is 1.73. The van der Waals surface area contributed by atoms with Crippen LogP contribution in [0.1, 0.15) is 32.6 Å². The van der Waals surface area contributed by atoms with E-state index in [2.05, 4.69) is 6.92 Å². The molecule has 0 aromatic heterocycles. The van der Waals surface area contributed by atoms with E-state index in [1.165, 1.54) is 31.3 Å². The quantitative estimate of drug-likeness (QED) is 0.509. The van der Waals surface area contributed by atoms with E-state index in [0.29, 0.717) is 0 Å². The van der Waals surface area contributed by atoms with Gasteiger partial charge in [-0.3, -0.25) is 0 Å². The molecule has 0 radical (unpaired) electrons. The Hall–Kier alpha value is -0.460. The summed E-state index contributed by atoms with van der Waals surface area (Å²) >= 11 is 0. The second kappa shape index (κ2) is 3.65. The van der Waals surface area contributed by atoms with Crippen molar-refractivity contribution >= 4 is 0 Å². The highest BCUT2D eigenvalue weighted by Gasteiger charge is 2.11. The van der Waals surface area contributed by atoms with E-state index in [4.69, 9.17) is 4.74 Å². The average Bonchev–Trinajstić information content (AvgIpc) is 1.88. The summed E-state index contributed by atoms with van der Waals surface area (Å²) < 4.78 is 4.97. The first-order valence-electron chi connectivity index (χ1n) is 4.03. The predicted molar refractivity (Wildman–Crippen MR) is 42.7 cm³/mol. The van der Waals surface area contributed by atoms with Gasteiger partial charge in [-0.1, -0.05) is 13.3 Å². The van der Waals surface area contributed by atoms with Crippen LogP contribution in [0.15, 0.2) is 11.8 Å². The van der Waals surface area contributed by atoms with E-state index in [-0.39, 0.29) is 0 Å². The normalized spacial score (nSPS) is 30.6. The summed E-state index contributed by atoms with van der Waals surface area (Å²) in [5.41, 5.74) is 1.49. The fraction of sp³-hybridized carbons (Fsp3) is 0.778.